The Hall–Kier alpha value is -2.39. The molecule has 0 aliphatic rings. The first-order valence-electron chi connectivity index (χ1n) is 8.85. The topological polar surface area (TPSA) is 90.9 Å². The van der Waals surface area contributed by atoms with Gasteiger partial charge in [-0.15, -0.1) is 11.3 Å². The second kappa shape index (κ2) is 10.4. The molecule has 0 aliphatic heterocycles. The molecule has 2 rings (SSSR count). The Labute approximate surface area is 181 Å². The van der Waals surface area contributed by atoms with E-state index < -0.39 is 12.1 Å². The quantitative estimate of drug-likeness (QED) is 0.428. The zero-order valence-corrected chi connectivity index (χ0v) is 18.9. The molecule has 1 unspecified atom stereocenters. The molecule has 0 bridgehead atoms. The van der Waals surface area contributed by atoms with E-state index in [-0.39, 0.29) is 17.3 Å². The van der Waals surface area contributed by atoms with Crippen LogP contribution in [0.1, 0.15) is 45.7 Å². The first-order chi connectivity index (χ1) is 13.8. The molecule has 1 amide bonds. The van der Waals surface area contributed by atoms with Crippen LogP contribution in [0.25, 0.3) is 0 Å². The summed E-state index contributed by atoms with van der Waals surface area (Å²) in [6.45, 7) is 5.58. The Morgan fingerprint density at radius 1 is 1.24 bits per heavy atom. The number of benzene rings is 1. The van der Waals surface area contributed by atoms with Gasteiger partial charge in [-0.3, -0.25) is 9.59 Å². The van der Waals surface area contributed by atoms with Crippen molar-refractivity contribution in [3.05, 3.63) is 44.1 Å². The fraction of sp³-hybridized carbons (Fsp3) is 0.350. The lowest BCUT2D eigenvalue weighted by molar-refractivity contribution is -0.119. The van der Waals surface area contributed by atoms with Gasteiger partial charge < -0.3 is 19.5 Å². The van der Waals surface area contributed by atoms with E-state index in [4.69, 9.17) is 14.2 Å². The zero-order valence-electron chi connectivity index (χ0n) is 16.5. The van der Waals surface area contributed by atoms with E-state index in [1.807, 2.05) is 6.92 Å². The number of ketones is 1. The minimum absolute atomic E-state index is 0.148. The predicted octanol–water partition coefficient (Wildman–Crippen LogP) is 3.98. The molecule has 0 fully saturated rings. The zero-order chi connectivity index (χ0) is 21.6. The Morgan fingerprint density at radius 3 is 2.59 bits per heavy atom. The molecular formula is C20H22BrNO6S. The highest BCUT2D eigenvalue weighted by atomic mass is 79.9. The summed E-state index contributed by atoms with van der Waals surface area (Å²) in [5.74, 6) is -0.239. The first kappa shape index (κ1) is 22.9. The Balaban J connectivity index is 2.09. The van der Waals surface area contributed by atoms with Gasteiger partial charge >= 0.3 is 5.97 Å². The van der Waals surface area contributed by atoms with Crippen LogP contribution in [0.2, 0.25) is 0 Å². The van der Waals surface area contributed by atoms with Crippen LogP contribution in [0.4, 0.5) is 0 Å². The molecule has 156 valence electrons. The second-order valence-corrected chi connectivity index (χ2v) is 8.03. The molecule has 0 saturated carbocycles. The van der Waals surface area contributed by atoms with Gasteiger partial charge in [0.2, 0.25) is 11.7 Å². The lowest BCUT2D eigenvalue weighted by Crippen LogP contribution is -2.24. The number of nitrogens with one attached hydrogen (secondary N) is 1. The van der Waals surface area contributed by atoms with Gasteiger partial charge in [0.1, 0.15) is 0 Å². The maximum atomic E-state index is 12.6. The van der Waals surface area contributed by atoms with Crippen molar-refractivity contribution in [1.82, 2.24) is 5.32 Å². The highest BCUT2D eigenvalue weighted by Gasteiger charge is 2.23. The third-order valence-electron chi connectivity index (χ3n) is 3.82. The van der Waals surface area contributed by atoms with Crippen molar-refractivity contribution in [3.63, 3.8) is 0 Å². The minimum Gasteiger partial charge on any atom is -0.493 e. The lowest BCUT2D eigenvalue weighted by Gasteiger charge is -2.15. The summed E-state index contributed by atoms with van der Waals surface area (Å²) in [6.07, 6.45) is -0.967. The van der Waals surface area contributed by atoms with Crippen LogP contribution < -0.4 is 14.8 Å². The summed E-state index contributed by atoms with van der Waals surface area (Å²) in [5, 5.41) is 2.67. The van der Waals surface area contributed by atoms with Crippen LogP contribution in [-0.2, 0) is 16.1 Å². The van der Waals surface area contributed by atoms with E-state index in [9.17, 15) is 14.4 Å². The number of carbonyl (C=O) groups excluding carboxylic acids is 3. The molecule has 7 nitrogen and oxygen atoms in total. The predicted molar refractivity (Wildman–Crippen MR) is 113 cm³/mol. The molecular weight excluding hydrogens is 462 g/mol. The van der Waals surface area contributed by atoms with E-state index in [0.29, 0.717) is 34.0 Å². The van der Waals surface area contributed by atoms with E-state index in [2.05, 4.69) is 21.2 Å². The Morgan fingerprint density at radius 2 is 1.97 bits per heavy atom. The number of Topliss-reactive ketones (excluding diaryl/α,β-unsaturated/α-hetero) is 1. The van der Waals surface area contributed by atoms with Gasteiger partial charge in [0.25, 0.3) is 0 Å². The molecule has 0 radical (unpaired) electrons. The Kier molecular flexibility index (Phi) is 8.21. The number of thiophene rings is 1. The van der Waals surface area contributed by atoms with Crippen LogP contribution in [0, 0.1) is 0 Å². The molecule has 1 aromatic carbocycles. The van der Waals surface area contributed by atoms with Crippen LogP contribution in [0.15, 0.2) is 28.7 Å². The summed E-state index contributed by atoms with van der Waals surface area (Å²) < 4.78 is 16.7. The molecule has 1 N–H and O–H groups in total. The third kappa shape index (κ3) is 6.04. The fourth-order valence-electron chi connectivity index (χ4n) is 2.42. The standard InChI is InChI=1S/C20H22BrNO6S/c1-5-27-19-15(21)8-13(9-16(19)26-4)20(25)28-11(2)18(24)17-7-6-14(29-17)10-22-12(3)23/h6-9,11H,5,10H2,1-4H3,(H,22,23). The minimum atomic E-state index is -0.967. The van der Waals surface area contributed by atoms with Crippen molar-refractivity contribution < 1.29 is 28.6 Å². The van der Waals surface area contributed by atoms with Crippen molar-refractivity contribution in [2.24, 2.45) is 0 Å². The van der Waals surface area contributed by atoms with E-state index in [0.717, 1.165) is 4.88 Å². The summed E-state index contributed by atoms with van der Waals surface area (Å²) in [7, 11) is 1.47. The smallest absolute Gasteiger partial charge is 0.339 e. The number of esters is 1. The summed E-state index contributed by atoms with van der Waals surface area (Å²) in [6, 6.07) is 6.48. The fourth-order valence-corrected chi connectivity index (χ4v) is 3.94. The largest absolute Gasteiger partial charge is 0.493 e. The molecule has 0 spiro atoms. The molecule has 29 heavy (non-hydrogen) atoms. The molecule has 9 heteroatoms. The number of methoxy groups -OCH3 is 1. The van der Waals surface area contributed by atoms with Gasteiger partial charge in [-0.25, -0.2) is 4.79 Å². The number of ether oxygens (including phenoxy) is 3. The monoisotopic (exact) mass is 483 g/mol. The molecule has 1 atom stereocenters. The normalized spacial score (nSPS) is 11.5. The van der Waals surface area contributed by atoms with Gasteiger partial charge in [0.05, 0.1) is 35.2 Å². The van der Waals surface area contributed by atoms with Gasteiger partial charge in [-0.2, -0.15) is 0 Å². The maximum Gasteiger partial charge on any atom is 0.339 e. The number of hydrogen-bond acceptors (Lipinski definition) is 7. The van der Waals surface area contributed by atoms with E-state index >= 15 is 0 Å². The van der Waals surface area contributed by atoms with Gasteiger partial charge in [0, 0.05) is 11.8 Å². The number of rotatable bonds is 9. The van der Waals surface area contributed by atoms with Gasteiger partial charge in [-0.05, 0) is 54.0 Å². The van der Waals surface area contributed by atoms with Gasteiger partial charge in [0.15, 0.2) is 17.6 Å². The second-order valence-electron chi connectivity index (χ2n) is 6.01. The van der Waals surface area contributed by atoms with Crippen molar-refractivity contribution in [1.29, 1.82) is 0 Å². The summed E-state index contributed by atoms with van der Waals surface area (Å²) in [4.78, 5) is 37.4. The average molecular weight is 484 g/mol. The molecule has 1 heterocycles. The van der Waals surface area contributed by atoms with Crippen LogP contribution in [-0.4, -0.2) is 37.5 Å². The number of hydrogen-bond donors (Lipinski definition) is 1. The number of carbonyl (C=O) groups is 3. The van der Waals surface area contributed by atoms with Crippen LogP contribution >= 0.6 is 27.3 Å². The summed E-state index contributed by atoms with van der Waals surface area (Å²) >= 11 is 4.61. The molecule has 0 aliphatic carbocycles. The van der Waals surface area contributed by atoms with E-state index in [1.54, 1.807) is 18.2 Å². The summed E-state index contributed by atoms with van der Waals surface area (Å²) in [5.41, 5.74) is 0.231. The Bertz CT molecular complexity index is 910. The SMILES string of the molecule is CCOc1c(Br)cc(C(=O)OC(C)C(=O)c2ccc(CNC(C)=O)s2)cc1OC. The average Bonchev–Trinajstić information content (AvgIpc) is 3.16. The molecule has 2 aromatic rings. The number of halogens is 1. The maximum absolute atomic E-state index is 12.6. The molecule has 1 aromatic heterocycles. The van der Waals surface area contributed by atoms with Crippen molar-refractivity contribution in [2.45, 2.75) is 33.4 Å². The van der Waals surface area contributed by atoms with Crippen molar-refractivity contribution in [3.8, 4) is 11.5 Å². The first-order valence-corrected chi connectivity index (χ1v) is 10.5. The third-order valence-corrected chi connectivity index (χ3v) is 5.51. The number of amides is 1. The van der Waals surface area contributed by atoms with Crippen molar-refractivity contribution >= 4 is 44.9 Å². The van der Waals surface area contributed by atoms with Crippen LogP contribution in [0.5, 0.6) is 11.5 Å². The van der Waals surface area contributed by atoms with Crippen LogP contribution in [0.3, 0.4) is 0 Å². The van der Waals surface area contributed by atoms with E-state index in [1.165, 1.54) is 38.4 Å². The highest BCUT2D eigenvalue weighted by Crippen LogP contribution is 2.37. The highest BCUT2D eigenvalue weighted by molar-refractivity contribution is 9.10. The lowest BCUT2D eigenvalue weighted by atomic mass is 10.2. The molecule has 0 saturated heterocycles. The van der Waals surface area contributed by atoms with Gasteiger partial charge in [-0.1, -0.05) is 0 Å². The van der Waals surface area contributed by atoms with Crippen molar-refractivity contribution in [2.75, 3.05) is 13.7 Å².